The van der Waals surface area contributed by atoms with Gasteiger partial charge in [-0.1, -0.05) is 41.4 Å². The molecule has 2 aromatic heterocycles. The van der Waals surface area contributed by atoms with Crippen LogP contribution in [0.25, 0.3) is 11.1 Å². The molecule has 3 heterocycles. The Bertz CT molecular complexity index is 1010. The summed E-state index contributed by atoms with van der Waals surface area (Å²) < 4.78 is 0. The zero-order valence-electron chi connectivity index (χ0n) is 16.0. The Morgan fingerprint density at radius 3 is 2.21 bits per heavy atom. The Morgan fingerprint density at radius 2 is 1.59 bits per heavy atom. The molecule has 1 aliphatic heterocycles. The van der Waals surface area contributed by atoms with Crippen LogP contribution in [0.15, 0.2) is 55.0 Å². The van der Waals surface area contributed by atoms with Gasteiger partial charge in [0, 0.05) is 55.9 Å². The number of hydrogen-bond acceptors (Lipinski definition) is 5. The van der Waals surface area contributed by atoms with Crippen LogP contribution >= 0.6 is 23.2 Å². The molecule has 148 valence electrons. The molecule has 1 fully saturated rings. The monoisotopic (exact) mass is 426 g/mol. The van der Waals surface area contributed by atoms with E-state index in [1.807, 2.05) is 42.6 Å². The fourth-order valence-electron chi connectivity index (χ4n) is 3.53. The maximum Gasteiger partial charge on any atom is 0.159 e. The zero-order chi connectivity index (χ0) is 20.4. The van der Waals surface area contributed by atoms with Gasteiger partial charge in [-0.15, -0.1) is 0 Å². The van der Waals surface area contributed by atoms with Gasteiger partial charge < -0.3 is 9.80 Å². The van der Waals surface area contributed by atoms with E-state index in [2.05, 4.69) is 19.8 Å². The number of halogens is 2. The van der Waals surface area contributed by atoms with Crippen molar-refractivity contribution in [1.82, 2.24) is 9.97 Å². The number of hydrogen-bond donors (Lipinski definition) is 0. The number of Topliss-reactive ketones (excluding diaryl/α,β-unsaturated/α-hetero) is 1. The fourth-order valence-corrected chi connectivity index (χ4v) is 4.13. The molecule has 5 nitrogen and oxygen atoms in total. The highest BCUT2D eigenvalue weighted by molar-refractivity contribution is 6.38. The van der Waals surface area contributed by atoms with Crippen molar-refractivity contribution < 1.29 is 4.79 Å². The third-order valence-corrected chi connectivity index (χ3v) is 5.65. The molecule has 1 aliphatic rings. The highest BCUT2D eigenvalue weighted by Gasteiger charge is 2.22. The predicted octanol–water partition coefficient (Wildman–Crippen LogP) is 4.98. The third-order valence-electron chi connectivity index (χ3n) is 5.10. The average molecular weight is 427 g/mol. The molecule has 7 heteroatoms. The molecular weight excluding hydrogens is 407 g/mol. The number of rotatable bonds is 4. The molecule has 3 aromatic rings. The Kier molecular flexibility index (Phi) is 5.69. The molecule has 0 aliphatic carbocycles. The third kappa shape index (κ3) is 4.21. The second-order valence-electron chi connectivity index (χ2n) is 6.97. The molecule has 0 radical (unpaired) electrons. The Labute approximate surface area is 179 Å². The van der Waals surface area contributed by atoms with Gasteiger partial charge in [0.1, 0.15) is 5.82 Å². The first-order valence-corrected chi connectivity index (χ1v) is 10.1. The van der Waals surface area contributed by atoms with E-state index in [9.17, 15) is 4.79 Å². The number of piperazine rings is 1. The quantitative estimate of drug-likeness (QED) is 0.550. The van der Waals surface area contributed by atoms with E-state index in [1.165, 1.54) is 0 Å². The molecule has 4 rings (SSSR count). The standard InChI is InChI=1S/C22H20Cl2N4O/c1-15(29)16-3-2-4-17(11-16)18-5-6-21(26-12-18)27-7-9-28(10-8-27)22-19(23)13-25-14-20(22)24/h2-6,11-14H,7-10H2,1H3. The number of anilines is 2. The molecule has 29 heavy (non-hydrogen) atoms. The van der Waals surface area contributed by atoms with Crippen LogP contribution in [0.4, 0.5) is 11.5 Å². The molecule has 0 atom stereocenters. The zero-order valence-corrected chi connectivity index (χ0v) is 17.5. The second kappa shape index (κ2) is 8.39. The van der Waals surface area contributed by atoms with E-state index in [-0.39, 0.29) is 5.78 Å². The lowest BCUT2D eigenvalue weighted by atomic mass is 10.0. The van der Waals surface area contributed by atoms with Crippen molar-refractivity contribution in [3.8, 4) is 11.1 Å². The lowest BCUT2D eigenvalue weighted by molar-refractivity contribution is 0.101. The average Bonchev–Trinajstić information content (AvgIpc) is 2.74. The smallest absolute Gasteiger partial charge is 0.159 e. The van der Waals surface area contributed by atoms with Gasteiger partial charge in [-0.25, -0.2) is 4.98 Å². The molecular formula is C22H20Cl2N4O. The van der Waals surface area contributed by atoms with Crippen molar-refractivity contribution in [1.29, 1.82) is 0 Å². The maximum absolute atomic E-state index is 11.6. The van der Waals surface area contributed by atoms with E-state index in [0.29, 0.717) is 15.6 Å². The van der Waals surface area contributed by atoms with Crippen molar-refractivity contribution in [2.45, 2.75) is 6.92 Å². The van der Waals surface area contributed by atoms with Gasteiger partial charge >= 0.3 is 0 Å². The lowest BCUT2D eigenvalue weighted by Gasteiger charge is -2.37. The summed E-state index contributed by atoms with van der Waals surface area (Å²) in [5.41, 5.74) is 3.53. The minimum absolute atomic E-state index is 0.0590. The number of ketones is 1. The summed E-state index contributed by atoms with van der Waals surface area (Å²) in [6, 6.07) is 11.7. The highest BCUT2D eigenvalue weighted by Crippen LogP contribution is 2.33. The van der Waals surface area contributed by atoms with Crippen LogP contribution in [-0.4, -0.2) is 41.9 Å². The summed E-state index contributed by atoms with van der Waals surface area (Å²) in [4.78, 5) is 24.7. The van der Waals surface area contributed by atoms with Gasteiger partial charge in [0.25, 0.3) is 0 Å². The largest absolute Gasteiger partial charge is 0.365 e. The number of benzene rings is 1. The van der Waals surface area contributed by atoms with Gasteiger partial charge in [0.05, 0.1) is 15.7 Å². The lowest BCUT2D eigenvalue weighted by Crippen LogP contribution is -2.47. The minimum atomic E-state index is 0.0590. The molecule has 0 bridgehead atoms. The molecule has 0 saturated carbocycles. The first kappa shape index (κ1) is 19.7. The first-order chi connectivity index (χ1) is 14.0. The number of nitrogens with zero attached hydrogens (tertiary/aromatic N) is 4. The normalized spacial score (nSPS) is 14.2. The minimum Gasteiger partial charge on any atom is -0.365 e. The summed E-state index contributed by atoms with van der Waals surface area (Å²) in [6.07, 6.45) is 5.10. The molecule has 0 N–H and O–H groups in total. The topological polar surface area (TPSA) is 49.3 Å². The molecule has 1 aromatic carbocycles. The summed E-state index contributed by atoms with van der Waals surface area (Å²) >= 11 is 12.6. The van der Waals surface area contributed by atoms with Crippen LogP contribution in [-0.2, 0) is 0 Å². The number of pyridine rings is 2. The maximum atomic E-state index is 11.6. The van der Waals surface area contributed by atoms with Gasteiger partial charge in [-0.2, -0.15) is 0 Å². The molecule has 0 amide bonds. The van der Waals surface area contributed by atoms with Crippen molar-refractivity contribution in [2.75, 3.05) is 36.0 Å². The molecule has 0 unspecified atom stereocenters. The van der Waals surface area contributed by atoms with Crippen LogP contribution in [0.1, 0.15) is 17.3 Å². The van der Waals surface area contributed by atoms with Gasteiger partial charge in [0.15, 0.2) is 5.78 Å². The summed E-state index contributed by atoms with van der Waals surface area (Å²) in [5, 5.41) is 1.14. The van der Waals surface area contributed by atoms with Gasteiger partial charge in [-0.3, -0.25) is 9.78 Å². The van der Waals surface area contributed by atoms with Crippen molar-refractivity contribution in [3.63, 3.8) is 0 Å². The van der Waals surface area contributed by atoms with Crippen molar-refractivity contribution in [2.24, 2.45) is 0 Å². The first-order valence-electron chi connectivity index (χ1n) is 9.39. The number of aromatic nitrogens is 2. The predicted molar refractivity (Wildman–Crippen MR) is 118 cm³/mol. The second-order valence-corrected chi connectivity index (χ2v) is 7.78. The Hall–Kier alpha value is -2.63. The van der Waals surface area contributed by atoms with E-state index in [1.54, 1.807) is 19.3 Å². The number of carbonyl (C=O) groups excluding carboxylic acids is 1. The van der Waals surface area contributed by atoms with Crippen LogP contribution in [0.2, 0.25) is 10.0 Å². The summed E-state index contributed by atoms with van der Waals surface area (Å²) in [5.74, 6) is 0.992. The van der Waals surface area contributed by atoms with Crippen LogP contribution in [0, 0.1) is 0 Å². The van der Waals surface area contributed by atoms with Crippen LogP contribution < -0.4 is 9.80 Å². The summed E-state index contributed by atoms with van der Waals surface area (Å²) in [7, 11) is 0. The Morgan fingerprint density at radius 1 is 0.897 bits per heavy atom. The van der Waals surface area contributed by atoms with Crippen molar-refractivity contribution >= 4 is 40.5 Å². The van der Waals surface area contributed by atoms with E-state index in [0.717, 1.165) is 48.8 Å². The number of carbonyl (C=O) groups is 1. The van der Waals surface area contributed by atoms with E-state index < -0.39 is 0 Å². The van der Waals surface area contributed by atoms with Gasteiger partial charge in [0.2, 0.25) is 0 Å². The molecule has 1 saturated heterocycles. The van der Waals surface area contributed by atoms with Gasteiger partial charge in [-0.05, 0) is 30.7 Å². The fraction of sp³-hybridized carbons (Fsp3) is 0.227. The molecule has 0 spiro atoms. The summed E-state index contributed by atoms with van der Waals surface area (Å²) in [6.45, 7) is 4.82. The van der Waals surface area contributed by atoms with Crippen LogP contribution in [0.3, 0.4) is 0 Å². The van der Waals surface area contributed by atoms with Crippen LogP contribution in [0.5, 0.6) is 0 Å². The van der Waals surface area contributed by atoms with E-state index in [4.69, 9.17) is 23.2 Å². The SMILES string of the molecule is CC(=O)c1cccc(-c2ccc(N3CCN(c4c(Cl)cncc4Cl)CC3)nc2)c1. The Balaban J connectivity index is 1.46. The highest BCUT2D eigenvalue weighted by atomic mass is 35.5. The van der Waals surface area contributed by atoms with E-state index >= 15 is 0 Å². The van der Waals surface area contributed by atoms with Crippen molar-refractivity contribution in [3.05, 3.63) is 70.6 Å².